The minimum atomic E-state index is -0.843. The summed E-state index contributed by atoms with van der Waals surface area (Å²) < 4.78 is 27.9. The first kappa shape index (κ1) is 14.9. The molecule has 0 N–H and O–H groups in total. The number of rotatable bonds is 4. The summed E-state index contributed by atoms with van der Waals surface area (Å²) in [7, 11) is 0. The van der Waals surface area contributed by atoms with Gasteiger partial charge in [0, 0.05) is 5.92 Å². The van der Waals surface area contributed by atoms with Crippen LogP contribution in [0.15, 0.2) is 46.9 Å². The number of carbonyl (C=O) groups excluding carboxylic acids is 1. The average molecular weight is 339 g/mol. The highest BCUT2D eigenvalue weighted by molar-refractivity contribution is 9.10. The van der Waals surface area contributed by atoms with E-state index in [4.69, 9.17) is 0 Å². The van der Waals surface area contributed by atoms with Crippen LogP contribution in [0.4, 0.5) is 8.78 Å². The molecule has 0 radical (unpaired) electrons. The third-order valence-corrected chi connectivity index (χ3v) is 3.83. The summed E-state index contributed by atoms with van der Waals surface area (Å²) in [6.45, 7) is 1.82. The molecule has 0 saturated carbocycles. The van der Waals surface area contributed by atoms with Crippen LogP contribution in [0.25, 0.3) is 0 Å². The van der Waals surface area contributed by atoms with E-state index in [9.17, 15) is 13.6 Å². The van der Waals surface area contributed by atoms with E-state index < -0.39 is 28.9 Å². The van der Waals surface area contributed by atoms with Crippen LogP contribution in [0.3, 0.4) is 0 Å². The molecule has 1 unspecified atom stereocenters. The van der Waals surface area contributed by atoms with E-state index in [0.29, 0.717) is 6.42 Å². The minimum absolute atomic E-state index is 0.0881. The zero-order chi connectivity index (χ0) is 14.7. The van der Waals surface area contributed by atoms with Crippen LogP contribution in [0.1, 0.15) is 35.2 Å². The smallest absolute Gasteiger partial charge is 0.176 e. The van der Waals surface area contributed by atoms with E-state index in [-0.39, 0.29) is 4.47 Å². The Morgan fingerprint density at radius 3 is 2.40 bits per heavy atom. The van der Waals surface area contributed by atoms with Gasteiger partial charge in [-0.2, -0.15) is 0 Å². The maximum absolute atomic E-state index is 14.0. The van der Waals surface area contributed by atoms with E-state index in [1.54, 1.807) is 24.3 Å². The van der Waals surface area contributed by atoms with Crippen molar-refractivity contribution in [2.24, 2.45) is 0 Å². The molecule has 2 aromatic carbocycles. The second-order valence-corrected chi connectivity index (χ2v) is 5.31. The van der Waals surface area contributed by atoms with Crippen LogP contribution in [0.2, 0.25) is 0 Å². The van der Waals surface area contributed by atoms with Crippen LogP contribution in [-0.4, -0.2) is 5.78 Å². The standard InChI is InChI=1S/C16H13BrF2O/c1-2-11(10-6-4-3-5-7-10)16(20)14-13(18)9-8-12(17)15(14)19/h3-9,11H,2H2,1H3. The molecule has 2 rings (SSSR count). The van der Waals surface area contributed by atoms with Gasteiger partial charge in [-0.15, -0.1) is 0 Å². The molecule has 0 aliphatic rings. The summed E-state index contributed by atoms with van der Waals surface area (Å²) in [6.07, 6.45) is 0.480. The summed E-state index contributed by atoms with van der Waals surface area (Å²) in [5, 5.41) is 0. The first-order valence-electron chi connectivity index (χ1n) is 6.29. The lowest BCUT2D eigenvalue weighted by molar-refractivity contribution is 0.0948. The third-order valence-electron chi connectivity index (χ3n) is 3.22. The lowest BCUT2D eigenvalue weighted by Gasteiger charge is -2.15. The Kier molecular flexibility index (Phi) is 4.65. The molecule has 104 valence electrons. The first-order chi connectivity index (χ1) is 9.56. The van der Waals surface area contributed by atoms with E-state index in [1.165, 1.54) is 6.07 Å². The molecular formula is C16H13BrF2O. The van der Waals surface area contributed by atoms with Crippen LogP contribution in [0.5, 0.6) is 0 Å². The predicted molar refractivity (Wildman–Crippen MR) is 77.9 cm³/mol. The van der Waals surface area contributed by atoms with Gasteiger partial charge in [0.25, 0.3) is 0 Å². The number of halogens is 3. The molecule has 1 nitrogen and oxygen atoms in total. The molecule has 0 spiro atoms. The van der Waals surface area contributed by atoms with E-state index in [1.807, 2.05) is 13.0 Å². The maximum Gasteiger partial charge on any atom is 0.176 e. The van der Waals surface area contributed by atoms with Crippen LogP contribution in [-0.2, 0) is 0 Å². The van der Waals surface area contributed by atoms with Crippen molar-refractivity contribution < 1.29 is 13.6 Å². The lowest BCUT2D eigenvalue weighted by Crippen LogP contribution is -2.16. The van der Waals surface area contributed by atoms with Crippen LogP contribution >= 0.6 is 15.9 Å². The number of hydrogen-bond donors (Lipinski definition) is 0. The quantitative estimate of drug-likeness (QED) is 0.559. The fraction of sp³-hybridized carbons (Fsp3) is 0.188. The largest absolute Gasteiger partial charge is 0.293 e. The summed E-state index contributed by atoms with van der Waals surface area (Å²) in [4.78, 5) is 12.5. The fourth-order valence-electron chi connectivity index (χ4n) is 2.18. The molecule has 0 amide bonds. The van der Waals surface area contributed by atoms with Gasteiger partial charge in [-0.1, -0.05) is 37.3 Å². The van der Waals surface area contributed by atoms with Crippen molar-refractivity contribution in [3.05, 3.63) is 69.7 Å². The molecule has 2 aromatic rings. The fourth-order valence-corrected chi connectivity index (χ4v) is 2.52. The Balaban J connectivity index is 2.47. The van der Waals surface area contributed by atoms with Crippen LogP contribution in [0, 0.1) is 11.6 Å². The van der Waals surface area contributed by atoms with Gasteiger partial charge < -0.3 is 0 Å². The van der Waals surface area contributed by atoms with E-state index in [2.05, 4.69) is 15.9 Å². The van der Waals surface area contributed by atoms with Crippen molar-refractivity contribution in [2.75, 3.05) is 0 Å². The van der Waals surface area contributed by atoms with Gasteiger partial charge in [-0.3, -0.25) is 4.79 Å². The van der Waals surface area contributed by atoms with Gasteiger partial charge in [-0.05, 0) is 40.0 Å². The van der Waals surface area contributed by atoms with Crippen molar-refractivity contribution >= 4 is 21.7 Å². The summed E-state index contributed by atoms with van der Waals surface area (Å²) in [6, 6.07) is 11.4. The number of hydrogen-bond acceptors (Lipinski definition) is 1. The third kappa shape index (κ3) is 2.80. The van der Waals surface area contributed by atoms with Gasteiger partial charge in [-0.25, -0.2) is 8.78 Å². The monoisotopic (exact) mass is 338 g/mol. The van der Waals surface area contributed by atoms with E-state index in [0.717, 1.165) is 11.6 Å². The Labute approximate surface area is 124 Å². The first-order valence-corrected chi connectivity index (χ1v) is 7.08. The minimum Gasteiger partial charge on any atom is -0.293 e. The number of ketones is 1. The molecule has 0 saturated heterocycles. The summed E-state index contributed by atoms with van der Waals surface area (Å²) in [5.74, 6) is -2.75. The number of benzene rings is 2. The molecule has 0 aliphatic heterocycles. The zero-order valence-corrected chi connectivity index (χ0v) is 12.5. The normalized spacial score (nSPS) is 12.2. The zero-order valence-electron chi connectivity index (χ0n) is 10.9. The molecule has 4 heteroatoms. The van der Waals surface area contributed by atoms with Crippen molar-refractivity contribution in [3.63, 3.8) is 0 Å². The molecule has 20 heavy (non-hydrogen) atoms. The number of Topliss-reactive ketones (excluding diaryl/α,β-unsaturated/α-hetero) is 1. The highest BCUT2D eigenvalue weighted by Gasteiger charge is 2.27. The lowest BCUT2D eigenvalue weighted by atomic mass is 9.88. The van der Waals surface area contributed by atoms with E-state index >= 15 is 0 Å². The van der Waals surface area contributed by atoms with Crippen molar-refractivity contribution in [2.45, 2.75) is 19.3 Å². The van der Waals surface area contributed by atoms with Gasteiger partial charge in [0.1, 0.15) is 5.82 Å². The topological polar surface area (TPSA) is 17.1 Å². The van der Waals surface area contributed by atoms with Gasteiger partial charge in [0.05, 0.1) is 10.0 Å². The van der Waals surface area contributed by atoms with Crippen molar-refractivity contribution in [1.29, 1.82) is 0 Å². The molecule has 1 atom stereocenters. The summed E-state index contributed by atoms with van der Waals surface area (Å²) in [5.41, 5.74) is 0.286. The molecular weight excluding hydrogens is 326 g/mol. The highest BCUT2D eigenvalue weighted by Crippen LogP contribution is 2.29. The van der Waals surface area contributed by atoms with Crippen molar-refractivity contribution in [1.82, 2.24) is 0 Å². The van der Waals surface area contributed by atoms with Crippen LogP contribution < -0.4 is 0 Å². The maximum atomic E-state index is 14.0. The van der Waals surface area contributed by atoms with Crippen molar-refractivity contribution in [3.8, 4) is 0 Å². The molecule has 0 fully saturated rings. The Bertz CT molecular complexity index is 626. The highest BCUT2D eigenvalue weighted by atomic mass is 79.9. The average Bonchev–Trinajstić information content (AvgIpc) is 2.45. The predicted octanol–water partition coefficient (Wildman–Crippen LogP) is 5.10. The van der Waals surface area contributed by atoms with Gasteiger partial charge in [0.2, 0.25) is 0 Å². The Hall–Kier alpha value is -1.55. The Morgan fingerprint density at radius 1 is 1.15 bits per heavy atom. The Morgan fingerprint density at radius 2 is 1.80 bits per heavy atom. The van der Waals surface area contributed by atoms with Gasteiger partial charge >= 0.3 is 0 Å². The summed E-state index contributed by atoms with van der Waals surface area (Å²) >= 11 is 2.98. The molecule has 0 heterocycles. The second kappa shape index (κ2) is 6.27. The molecule has 0 bridgehead atoms. The number of carbonyl (C=O) groups is 1. The molecule has 0 aromatic heterocycles. The van der Waals surface area contributed by atoms with Gasteiger partial charge in [0.15, 0.2) is 11.6 Å². The second-order valence-electron chi connectivity index (χ2n) is 4.45. The molecule has 0 aliphatic carbocycles. The SMILES string of the molecule is CCC(C(=O)c1c(F)ccc(Br)c1F)c1ccccc1.